The number of piperidine rings is 1. The second-order valence-electron chi connectivity index (χ2n) is 5.64. The Kier molecular flexibility index (Phi) is 4.71. The van der Waals surface area contributed by atoms with Crippen molar-refractivity contribution in [2.45, 2.75) is 31.8 Å². The Labute approximate surface area is 121 Å². The van der Waals surface area contributed by atoms with E-state index in [2.05, 4.69) is 36.0 Å². The first-order valence-corrected chi connectivity index (χ1v) is 7.33. The van der Waals surface area contributed by atoms with Gasteiger partial charge in [-0.3, -0.25) is 0 Å². The maximum Gasteiger partial charge on any atom is 0.0642 e. The number of nitrogens with two attached hydrogens (primary N) is 1. The molecule has 1 heterocycles. The van der Waals surface area contributed by atoms with Crippen LogP contribution in [-0.2, 0) is 0 Å². The van der Waals surface area contributed by atoms with Crippen LogP contribution in [0.5, 0.6) is 0 Å². The first-order chi connectivity index (χ1) is 8.99. The summed E-state index contributed by atoms with van der Waals surface area (Å²) in [7, 11) is 4.32. The van der Waals surface area contributed by atoms with Crippen LogP contribution in [0.1, 0.15) is 31.4 Å². The summed E-state index contributed by atoms with van der Waals surface area (Å²) in [5.74, 6) is 0. The molecule has 106 valence electrons. The Bertz CT molecular complexity index is 425. The quantitative estimate of drug-likeness (QED) is 0.925. The Balaban J connectivity index is 2.12. The fourth-order valence-corrected chi connectivity index (χ4v) is 2.99. The van der Waals surface area contributed by atoms with Crippen molar-refractivity contribution in [1.82, 2.24) is 4.90 Å². The van der Waals surface area contributed by atoms with Crippen LogP contribution >= 0.6 is 11.6 Å². The number of hydrogen-bond acceptors (Lipinski definition) is 3. The molecular weight excluding hydrogens is 258 g/mol. The number of halogens is 1. The maximum absolute atomic E-state index is 6.41. The van der Waals surface area contributed by atoms with E-state index in [-0.39, 0.29) is 6.04 Å². The smallest absolute Gasteiger partial charge is 0.0642 e. The molecule has 2 rings (SSSR count). The number of rotatable bonds is 3. The van der Waals surface area contributed by atoms with Crippen molar-refractivity contribution in [2.24, 2.45) is 5.73 Å². The molecule has 0 saturated carbocycles. The van der Waals surface area contributed by atoms with Gasteiger partial charge < -0.3 is 15.5 Å². The Morgan fingerprint density at radius 1 is 1.37 bits per heavy atom. The van der Waals surface area contributed by atoms with Gasteiger partial charge in [0.25, 0.3) is 0 Å². The summed E-state index contributed by atoms with van der Waals surface area (Å²) in [5, 5.41) is 0.802. The van der Waals surface area contributed by atoms with Crippen molar-refractivity contribution in [3.63, 3.8) is 0 Å². The molecule has 4 heteroatoms. The Morgan fingerprint density at radius 3 is 2.53 bits per heavy atom. The molecule has 1 saturated heterocycles. The van der Waals surface area contributed by atoms with Gasteiger partial charge in [0, 0.05) is 19.1 Å². The highest BCUT2D eigenvalue weighted by Gasteiger charge is 2.22. The van der Waals surface area contributed by atoms with E-state index in [1.54, 1.807) is 0 Å². The van der Waals surface area contributed by atoms with Crippen LogP contribution in [0.15, 0.2) is 18.2 Å². The lowest BCUT2D eigenvalue weighted by Gasteiger charge is -2.36. The number of likely N-dealkylation sites (tertiary alicyclic amines) is 1. The lowest BCUT2D eigenvalue weighted by Crippen LogP contribution is -2.42. The van der Waals surface area contributed by atoms with E-state index < -0.39 is 0 Å². The van der Waals surface area contributed by atoms with Gasteiger partial charge in [-0.1, -0.05) is 17.7 Å². The molecule has 2 N–H and O–H groups in total. The average Bonchev–Trinajstić information content (AvgIpc) is 2.38. The van der Waals surface area contributed by atoms with Crippen LogP contribution in [0.2, 0.25) is 5.02 Å². The normalized spacial score (nSPS) is 19.4. The summed E-state index contributed by atoms with van der Waals surface area (Å²) < 4.78 is 0. The molecule has 1 aliphatic rings. The van der Waals surface area contributed by atoms with Crippen molar-refractivity contribution in [2.75, 3.05) is 32.1 Å². The predicted molar refractivity (Wildman–Crippen MR) is 83.0 cm³/mol. The van der Waals surface area contributed by atoms with Gasteiger partial charge in [0.15, 0.2) is 0 Å². The zero-order valence-electron chi connectivity index (χ0n) is 12.1. The third-order valence-corrected chi connectivity index (χ3v) is 4.42. The van der Waals surface area contributed by atoms with Crippen molar-refractivity contribution in [3.8, 4) is 0 Å². The molecule has 0 unspecified atom stereocenters. The van der Waals surface area contributed by atoms with Crippen LogP contribution in [-0.4, -0.2) is 38.1 Å². The SMILES string of the molecule is C[C@H](N)c1ccc(N(C)C2CCN(C)CC2)c(Cl)c1. The molecule has 0 amide bonds. The third kappa shape index (κ3) is 3.41. The lowest BCUT2D eigenvalue weighted by molar-refractivity contribution is 0.253. The summed E-state index contributed by atoms with van der Waals surface area (Å²) in [6.07, 6.45) is 2.39. The average molecular weight is 282 g/mol. The minimum Gasteiger partial charge on any atom is -0.370 e. The summed E-state index contributed by atoms with van der Waals surface area (Å²) >= 11 is 6.41. The number of hydrogen-bond donors (Lipinski definition) is 1. The number of benzene rings is 1. The predicted octanol–water partition coefficient (Wildman–Crippen LogP) is 2.89. The van der Waals surface area contributed by atoms with Crippen molar-refractivity contribution in [3.05, 3.63) is 28.8 Å². The molecule has 0 aliphatic carbocycles. The molecule has 1 aromatic carbocycles. The highest BCUT2D eigenvalue weighted by atomic mass is 35.5. The fourth-order valence-electron chi connectivity index (χ4n) is 2.67. The van der Waals surface area contributed by atoms with Gasteiger partial charge in [-0.25, -0.2) is 0 Å². The molecule has 0 radical (unpaired) electrons. The topological polar surface area (TPSA) is 32.5 Å². The highest BCUT2D eigenvalue weighted by Crippen LogP contribution is 2.31. The van der Waals surface area contributed by atoms with Crippen LogP contribution in [0.4, 0.5) is 5.69 Å². The summed E-state index contributed by atoms with van der Waals surface area (Å²) in [5.41, 5.74) is 8.09. The van der Waals surface area contributed by atoms with E-state index in [4.69, 9.17) is 17.3 Å². The fraction of sp³-hybridized carbons (Fsp3) is 0.600. The van der Waals surface area contributed by atoms with Crippen molar-refractivity contribution < 1.29 is 0 Å². The van der Waals surface area contributed by atoms with Gasteiger partial charge in [-0.05, 0) is 57.6 Å². The van der Waals surface area contributed by atoms with Crippen molar-refractivity contribution >= 4 is 17.3 Å². The molecule has 1 aromatic rings. The number of nitrogens with zero attached hydrogens (tertiary/aromatic N) is 2. The highest BCUT2D eigenvalue weighted by molar-refractivity contribution is 6.33. The minimum absolute atomic E-state index is 0.0280. The summed E-state index contributed by atoms with van der Waals surface area (Å²) in [6, 6.07) is 6.78. The molecule has 1 aliphatic heterocycles. The maximum atomic E-state index is 6.41. The Hall–Kier alpha value is -0.770. The standard InChI is InChI=1S/C15H24ClN3/c1-11(17)12-4-5-15(14(16)10-12)19(3)13-6-8-18(2)9-7-13/h4-5,10-11,13H,6-9,17H2,1-3H3/t11-/m0/s1. The summed E-state index contributed by atoms with van der Waals surface area (Å²) in [6.45, 7) is 4.29. The molecule has 3 nitrogen and oxygen atoms in total. The molecule has 1 atom stereocenters. The van der Waals surface area contributed by atoms with Crippen LogP contribution in [0.25, 0.3) is 0 Å². The van der Waals surface area contributed by atoms with Gasteiger partial charge in [-0.2, -0.15) is 0 Å². The first kappa shape index (κ1) is 14.6. The third-order valence-electron chi connectivity index (χ3n) is 4.11. The summed E-state index contributed by atoms with van der Waals surface area (Å²) in [4.78, 5) is 4.70. The van der Waals surface area contributed by atoms with Crippen LogP contribution in [0.3, 0.4) is 0 Å². The Morgan fingerprint density at radius 2 is 2.00 bits per heavy atom. The molecule has 0 spiro atoms. The van der Waals surface area contributed by atoms with E-state index in [1.165, 1.54) is 12.8 Å². The first-order valence-electron chi connectivity index (χ1n) is 6.95. The van der Waals surface area contributed by atoms with Gasteiger partial charge in [0.1, 0.15) is 0 Å². The largest absolute Gasteiger partial charge is 0.370 e. The lowest BCUT2D eigenvalue weighted by atomic mass is 10.0. The second-order valence-corrected chi connectivity index (χ2v) is 6.05. The monoisotopic (exact) mass is 281 g/mol. The van der Waals surface area contributed by atoms with E-state index in [0.717, 1.165) is 29.4 Å². The van der Waals surface area contributed by atoms with Gasteiger partial charge >= 0.3 is 0 Å². The minimum atomic E-state index is 0.0280. The van der Waals surface area contributed by atoms with Gasteiger partial charge in [-0.15, -0.1) is 0 Å². The van der Waals surface area contributed by atoms with Gasteiger partial charge in [0.2, 0.25) is 0 Å². The number of anilines is 1. The van der Waals surface area contributed by atoms with Crippen LogP contribution < -0.4 is 10.6 Å². The zero-order valence-corrected chi connectivity index (χ0v) is 12.8. The molecule has 0 aromatic heterocycles. The molecular formula is C15H24ClN3. The van der Waals surface area contributed by atoms with Gasteiger partial charge in [0.05, 0.1) is 10.7 Å². The van der Waals surface area contributed by atoms with E-state index in [1.807, 2.05) is 13.0 Å². The molecule has 19 heavy (non-hydrogen) atoms. The molecule has 1 fully saturated rings. The second kappa shape index (κ2) is 6.12. The zero-order chi connectivity index (χ0) is 14.0. The molecule has 0 bridgehead atoms. The van der Waals surface area contributed by atoms with Crippen LogP contribution in [0, 0.1) is 0 Å². The van der Waals surface area contributed by atoms with Crippen molar-refractivity contribution in [1.29, 1.82) is 0 Å². The van der Waals surface area contributed by atoms with E-state index in [0.29, 0.717) is 6.04 Å². The van der Waals surface area contributed by atoms with E-state index in [9.17, 15) is 0 Å². The van der Waals surface area contributed by atoms with E-state index >= 15 is 0 Å².